The van der Waals surface area contributed by atoms with E-state index in [2.05, 4.69) is 45.1 Å². The molecule has 1 aliphatic carbocycles. The summed E-state index contributed by atoms with van der Waals surface area (Å²) in [6.07, 6.45) is 11.2. The number of aliphatic hydroxyl groups excluding tert-OH is 10. The predicted molar refractivity (Wildman–Crippen MR) is 356 cm³/mol. The van der Waals surface area contributed by atoms with Gasteiger partial charge in [-0.1, -0.05) is 206 Å². The van der Waals surface area contributed by atoms with Gasteiger partial charge in [-0.25, -0.2) is 4.57 Å². The van der Waals surface area contributed by atoms with Crippen LogP contribution in [0, 0.1) is 0 Å². The van der Waals surface area contributed by atoms with E-state index >= 15 is 0 Å². The van der Waals surface area contributed by atoms with Gasteiger partial charge in [0.15, 0.2) is 18.7 Å². The van der Waals surface area contributed by atoms with Crippen LogP contribution < -0.4 is 0 Å². The molecule has 0 spiro atoms. The zero-order valence-electron chi connectivity index (χ0n) is 57.7. The Morgan fingerprint density at radius 1 is 0.400 bits per heavy atom. The average molecular weight is 1380 g/mol. The number of esters is 3. The van der Waals surface area contributed by atoms with Gasteiger partial charge in [0.25, 0.3) is 0 Å². The van der Waals surface area contributed by atoms with Crippen LogP contribution in [0.25, 0.3) is 0 Å². The van der Waals surface area contributed by atoms with Crippen molar-refractivity contribution in [3.8, 4) is 0 Å². The molecule has 0 amide bonds. The van der Waals surface area contributed by atoms with Gasteiger partial charge in [0, 0.05) is 19.3 Å². The van der Waals surface area contributed by atoms with Crippen LogP contribution >= 0.6 is 7.82 Å². The van der Waals surface area contributed by atoms with Crippen molar-refractivity contribution in [2.75, 3.05) is 26.4 Å². The van der Waals surface area contributed by atoms with Crippen molar-refractivity contribution < 1.29 is 117 Å². The van der Waals surface area contributed by atoms with E-state index in [1.54, 1.807) is 0 Å². The number of ether oxygens (including phenoxy) is 7. The summed E-state index contributed by atoms with van der Waals surface area (Å²) in [5.74, 6) is -2.03. The lowest BCUT2D eigenvalue weighted by Crippen LogP contribution is -2.69. The molecule has 3 aliphatic rings. The highest BCUT2D eigenvalue weighted by molar-refractivity contribution is 7.47. The minimum atomic E-state index is -5.70. The van der Waals surface area contributed by atoms with Crippen molar-refractivity contribution in [1.29, 1.82) is 0 Å². The standard InChI is InChI=1S/C70H127O24P/c1-4-7-10-13-16-19-22-25-28-30-33-36-39-42-45-55(73)87-50-53-58(76)60(78)65(83)70(91-53)93-67-63(81)61(79)62(80)66(92-69-64(82)59(77)57(75)52(47-71)90-69)68(67)94-95(84,85)88-49-51(89-56(74)46-43-40-37-34-31-27-24-21-18-15-12-9-6-3)48-86-54(72)44-41-38-35-32-29-26-23-20-17-14-11-8-5-2/h26-27,29,31,51-53,57-71,75-83H,4-25,28,30,32-50H2,1-3H3,(H,84,85)/b29-26-,31-27-. The Hall–Kier alpha value is -2.56. The molecular weight excluding hydrogens is 1260 g/mol. The third-order valence-electron chi connectivity index (χ3n) is 18.0. The van der Waals surface area contributed by atoms with Gasteiger partial charge in [0.1, 0.15) is 98.7 Å². The Morgan fingerprint density at radius 2 is 0.737 bits per heavy atom. The highest BCUT2D eigenvalue weighted by atomic mass is 31.2. The number of hydrogen-bond donors (Lipinski definition) is 11. The molecule has 2 aliphatic heterocycles. The maximum atomic E-state index is 14.3. The van der Waals surface area contributed by atoms with Crippen molar-refractivity contribution in [3.63, 3.8) is 0 Å². The monoisotopic (exact) mass is 1380 g/mol. The van der Waals surface area contributed by atoms with Crippen LogP contribution in [0.2, 0.25) is 0 Å². The van der Waals surface area contributed by atoms with Crippen LogP contribution in [0.1, 0.15) is 271 Å². The lowest BCUT2D eigenvalue weighted by molar-refractivity contribution is -0.360. The van der Waals surface area contributed by atoms with Crippen molar-refractivity contribution in [1.82, 2.24) is 0 Å². The van der Waals surface area contributed by atoms with Crippen LogP contribution in [0.5, 0.6) is 0 Å². The van der Waals surface area contributed by atoms with Gasteiger partial charge < -0.3 is 89.1 Å². The van der Waals surface area contributed by atoms with Crippen molar-refractivity contribution >= 4 is 25.7 Å². The number of carbonyl (C=O) groups excluding carboxylic acids is 3. The highest BCUT2D eigenvalue weighted by Gasteiger charge is 2.58. The number of allylic oxidation sites excluding steroid dienone is 4. The number of carbonyl (C=O) groups is 3. The van der Waals surface area contributed by atoms with Crippen molar-refractivity contribution in [2.45, 2.75) is 375 Å². The van der Waals surface area contributed by atoms with E-state index in [4.69, 9.17) is 42.2 Å². The van der Waals surface area contributed by atoms with Crippen molar-refractivity contribution in [3.05, 3.63) is 24.3 Å². The Balaban J connectivity index is 1.75. The first-order chi connectivity index (χ1) is 45.8. The average Bonchev–Trinajstić information content (AvgIpc) is 0.768. The van der Waals surface area contributed by atoms with E-state index < -0.39 is 156 Å². The molecule has 18 atom stereocenters. The molecule has 0 radical (unpaired) electrons. The summed E-state index contributed by atoms with van der Waals surface area (Å²) in [5.41, 5.74) is 0. The van der Waals surface area contributed by atoms with Crippen molar-refractivity contribution in [2.24, 2.45) is 0 Å². The van der Waals surface area contributed by atoms with Crippen LogP contribution in [0.3, 0.4) is 0 Å². The largest absolute Gasteiger partial charge is 0.472 e. The fourth-order valence-electron chi connectivity index (χ4n) is 11.9. The molecule has 0 aromatic rings. The molecule has 0 bridgehead atoms. The SMILES string of the molecule is CCCCCCCC/C=C\CCCCCC(=O)OCC(COP(=O)(O)OC1C(OC2OC(CO)C(O)C(O)C2O)C(O)C(O)C(O)C1OC1OC(COC(=O)CCCCCCCCCCCCCCCC)C(O)C(O)C1O)OC(=O)CCCCC/C=C\CCCCCCCC. The molecule has 556 valence electrons. The van der Waals surface area contributed by atoms with Crippen LogP contribution in [0.4, 0.5) is 0 Å². The summed E-state index contributed by atoms with van der Waals surface area (Å²) in [5, 5.41) is 110. The second kappa shape index (κ2) is 52.4. The zero-order chi connectivity index (χ0) is 69.6. The van der Waals surface area contributed by atoms with Crippen LogP contribution in [-0.2, 0) is 61.2 Å². The molecule has 2 heterocycles. The fraction of sp³-hybridized carbons (Fsp3) is 0.900. The molecule has 25 heteroatoms. The van der Waals surface area contributed by atoms with Gasteiger partial charge in [-0.3, -0.25) is 23.4 Å². The molecule has 24 nitrogen and oxygen atoms in total. The lowest BCUT2D eigenvalue weighted by atomic mass is 9.84. The summed E-state index contributed by atoms with van der Waals surface area (Å²) in [6.45, 7) is 3.38. The molecule has 95 heavy (non-hydrogen) atoms. The van der Waals surface area contributed by atoms with Gasteiger partial charge >= 0.3 is 25.7 Å². The summed E-state index contributed by atoms with van der Waals surface area (Å²) >= 11 is 0. The molecular formula is C70H127O24P. The Labute approximate surface area is 566 Å². The van der Waals surface area contributed by atoms with Crippen LogP contribution in [-0.4, -0.2) is 204 Å². The topological polar surface area (TPSA) is 374 Å². The first-order valence-corrected chi connectivity index (χ1v) is 38.1. The maximum absolute atomic E-state index is 14.3. The molecule has 3 fully saturated rings. The maximum Gasteiger partial charge on any atom is 0.472 e. The van der Waals surface area contributed by atoms with E-state index in [1.165, 1.54) is 116 Å². The molecule has 11 N–H and O–H groups in total. The minimum Gasteiger partial charge on any atom is -0.463 e. The number of unbranched alkanes of at least 4 members (excludes halogenated alkanes) is 31. The zero-order valence-corrected chi connectivity index (χ0v) is 58.6. The quantitative estimate of drug-likeness (QED) is 0.00887. The van der Waals surface area contributed by atoms with E-state index in [0.717, 1.165) is 89.9 Å². The normalized spacial score (nSPS) is 28.2. The molecule has 1 saturated carbocycles. The van der Waals surface area contributed by atoms with E-state index in [1.807, 2.05) is 0 Å². The molecule has 3 rings (SSSR count). The van der Waals surface area contributed by atoms with E-state index in [-0.39, 0.29) is 19.3 Å². The number of hydrogen-bond acceptors (Lipinski definition) is 23. The third kappa shape index (κ3) is 36.1. The molecule has 0 aromatic carbocycles. The predicted octanol–water partition coefficient (Wildman–Crippen LogP) is 9.35. The molecule has 18 unspecified atom stereocenters. The van der Waals surface area contributed by atoms with Gasteiger partial charge in [0.05, 0.1) is 13.2 Å². The Bertz CT molecular complexity index is 2070. The van der Waals surface area contributed by atoms with Gasteiger partial charge in [0.2, 0.25) is 0 Å². The summed E-state index contributed by atoms with van der Waals surface area (Å²) in [7, 11) is -5.70. The number of rotatable bonds is 56. The minimum absolute atomic E-state index is 0.0221. The second-order valence-corrected chi connectivity index (χ2v) is 27.7. The number of phosphoric acid groups is 1. The third-order valence-corrected chi connectivity index (χ3v) is 18.9. The second-order valence-electron chi connectivity index (χ2n) is 26.3. The summed E-state index contributed by atoms with van der Waals surface area (Å²) in [6, 6.07) is 0. The summed E-state index contributed by atoms with van der Waals surface area (Å²) in [4.78, 5) is 50.9. The van der Waals surface area contributed by atoms with Gasteiger partial charge in [-0.05, 0) is 70.6 Å². The Morgan fingerprint density at radius 3 is 1.15 bits per heavy atom. The van der Waals surface area contributed by atoms with Crippen LogP contribution in [0.15, 0.2) is 24.3 Å². The summed E-state index contributed by atoms with van der Waals surface area (Å²) < 4.78 is 64.9. The Kier molecular flexibility index (Phi) is 47.8. The highest BCUT2D eigenvalue weighted by Crippen LogP contribution is 2.49. The van der Waals surface area contributed by atoms with Gasteiger partial charge in [-0.2, -0.15) is 0 Å². The van der Waals surface area contributed by atoms with E-state index in [0.29, 0.717) is 25.7 Å². The molecule has 2 saturated heterocycles. The first kappa shape index (κ1) is 86.7. The van der Waals surface area contributed by atoms with Gasteiger partial charge in [-0.15, -0.1) is 0 Å². The first-order valence-electron chi connectivity index (χ1n) is 36.6. The van der Waals surface area contributed by atoms with E-state index in [9.17, 15) is 74.9 Å². The smallest absolute Gasteiger partial charge is 0.463 e. The fourth-order valence-corrected chi connectivity index (χ4v) is 12.9. The lowest BCUT2D eigenvalue weighted by Gasteiger charge is -2.49. The molecule has 0 aromatic heterocycles. The number of aliphatic hydroxyl groups is 10. The number of phosphoric ester groups is 1.